The minimum Gasteiger partial charge on any atom is -0.450 e. The van der Waals surface area contributed by atoms with E-state index in [1.54, 1.807) is 36.1 Å². The minimum absolute atomic E-state index is 0.0843. The van der Waals surface area contributed by atoms with E-state index in [1.807, 2.05) is 6.92 Å². The van der Waals surface area contributed by atoms with Gasteiger partial charge >= 0.3 is 6.09 Å². The van der Waals surface area contributed by atoms with Gasteiger partial charge in [-0.05, 0) is 32.9 Å². The van der Waals surface area contributed by atoms with Crippen LogP contribution in [0.2, 0.25) is 0 Å². The van der Waals surface area contributed by atoms with Crippen LogP contribution < -0.4 is 10.2 Å². The van der Waals surface area contributed by atoms with E-state index in [1.165, 1.54) is 6.92 Å². The number of nitrogens with zero attached hydrogens (tertiary/aromatic N) is 1. The maximum atomic E-state index is 12.6. The molecule has 2 N–H and O–H groups in total. The van der Waals surface area contributed by atoms with Gasteiger partial charge in [0.1, 0.15) is 0 Å². The van der Waals surface area contributed by atoms with Crippen LogP contribution in [0.5, 0.6) is 0 Å². The van der Waals surface area contributed by atoms with Gasteiger partial charge < -0.3 is 15.0 Å². The number of nitrogens with one attached hydrogen (secondary N) is 2. The highest BCUT2D eigenvalue weighted by Crippen LogP contribution is 2.15. The van der Waals surface area contributed by atoms with Crippen LogP contribution in [0.15, 0.2) is 24.3 Å². The van der Waals surface area contributed by atoms with E-state index < -0.39 is 0 Å². The number of ketones is 1. The van der Waals surface area contributed by atoms with E-state index in [-0.39, 0.29) is 23.8 Å². The quantitative estimate of drug-likeness (QED) is 0.763. The first-order chi connectivity index (χ1) is 11.9. The predicted molar refractivity (Wildman–Crippen MR) is 93.8 cm³/mol. The van der Waals surface area contributed by atoms with Crippen molar-refractivity contribution in [2.75, 3.05) is 38.1 Å². The Morgan fingerprint density at radius 3 is 2.48 bits per heavy atom. The molecule has 1 saturated heterocycles. The third-order valence-corrected chi connectivity index (χ3v) is 4.50. The van der Waals surface area contributed by atoms with Crippen LogP contribution in [0.25, 0.3) is 0 Å². The Hall–Kier alpha value is -2.41. The number of hydrogen-bond acceptors (Lipinski definition) is 4. The molecule has 7 heteroatoms. The van der Waals surface area contributed by atoms with Crippen molar-refractivity contribution in [2.45, 2.75) is 26.8 Å². The Balaban J connectivity index is 1.93. The standard InChI is InChI=1S/C18H25N3O4/c1-4-25-18(24)21-11-9-20(10-12-21)13(2)17(23)19-16-8-6-5-7-15(16)14(3)22/h5-8,13H,4,9-12H2,1-3H3,(H,19,23)/p+1/t13-/m0/s1. The monoisotopic (exact) mass is 348 g/mol. The molecule has 0 unspecified atom stereocenters. The molecule has 7 nitrogen and oxygen atoms in total. The summed E-state index contributed by atoms with van der Waals surface area (Å²) in [5, 5.41) is 2.86. The average Bonchev–Trinajstić information content (AvgIpc) is 2.61. The van der Waals surface area contributed by atoms with Gasteiger partial charge in [-0.25, -0.2) is 4.79 Å². The molecule has 2 amide bonds. The fourth-order valence-corrected chi connectivity index (χ4v) is 2.95. The largest absolute Gasteiger partial charge is 0.450 e. The third kappa shape index (κ3) is 4.79. The molecular weight excluding hydrogens is 322 g/mol. The first kappa shape index (κ1) is 18.9. The zero-order valence-corrected chi connectivity index (χ0v) is 15.0. The van der Waals surface area contributed by atoms with Crippen LogP contribution in [-0.4, -0.2) is 61.5 Å². The Morgan fingerprint density at radius 1 is 1.24 bits per heavy atom. The molecule has 1 heterocycles. The molecule has 0 radical (unpaired) electrons. The highest BCUT2D eigenvalue weighted by Gasteiger charge is 2.31. The summed E-state index contributed by atoms with van der Waals surface area (Å²) in [6.07, 6.45) is -0.297. The summed E-state index contributed by atoms with van der Waals surface area (Å²) < 4.78 is 5.01. The number of amides is 2. The van der Waals surface area contributed by atoms with E-state index >= 15 is 0 Å². The molecule has 1 aliphatic heterocycles. The summed E-state index contributed by atoms with van der Waals surface area (Å²) in [7, 11) is 0. The van der Waals surface area contributed by atoms with E-state index in [9.17, 15) is 14.4 Å². The Morgan fingerprint density at radius 2 is 1.88 bits per heavy atom. The first-order valence-corrected chi connectivity index (χ1v) is 8.61. The van der Waals surface area contributed by atoms with Crippen molar-refractivity contribution in [1.82, 2.24) is 4.90 Å². The number of hydrogen-bond donors (Lipinski definition) is 2. The van der Waals surface area contributed by atoms with Crippen molar-refractivity contribution in [2.24, 2.45) is 0 Å². The number of rotatable bonds is 5. The fourth-order valence-electron chi connectivity index (χ4n) is 2.95. The number of anilines is 1. The topological polar surface area (TPSA) is 80.2 Å². The number of carbonyl (C=O) groups excluding carboxylic acids is 3. The third-order valence-electron chi connectivity index (χ3n) is 4.50. The van der Waals surface area contributed by atoms with Gasteiger partial charge in [0, 0.05) is 5.56 Å². The zero-order chi connectivity index (χ0) is 18.4. The second kappa shape index (κ2) is 8.62. The summed E-state index contributed by atoms with van der Waals surface area (Å²) in [5.41, 5.74) is 1.04. The molecule has 1 aromatic rings. The van der Waals surface area contributed by atoms with Gasteiger partial charge in [0.15, 0.2) is 11.8 Å². The minimum atomic E-state index is -0.297. The molecule has 0 bridgehead atoms. The van der Waals surface area contributed by atoms with Crippen molar-refractivity contribution in [3.05, 3.63) is 29.8 Å². The second-order valence-electron chi connectivity index (χ2n) is 6.16. The Bertz CT molecular complexity index is 639. The van der Waals surface area contributed by atoms with Gasteiger partial charge in [0.2, 0.25) is 0 Å². The van der Waals surface area contributed by atoms with Gasteiger partial charge in [0.25, 0.3) is 5.91 Å². The van der Waals surface area contributed by atoms with E-state index in [0.29, 0.717) is 44.0 Å². The first-order valence-electron chi connectivity index (χ1n) is 8.61. The van der Waals surface area contributed by atoms with Gasteiger partial charge in [-0.3, -0.25) is 14.5 Å². The van der Waals surface area contributed by atoms with Gasteiger partial charge in [-0.1, -0.05) is 12.1 Å². The number of quaternary nitrogens is 1. The lowest BCUT2D eigenvalue weighted by Gasteiger charge is -2.34. The highest BCUT2D eigenvalue weighted by atomic mass is 16.6. The molecule has 1 fully saturated rings. The van der Waals surface area contributed by atoms with Crippen LogP contribution in [-0.2, 0) is 9.53 Å². The molecule has 25 heavy (non-hydrogen) atoms. The number of piperazine rings is 1. The smallest absolute Gasteiger partial charge is 0.410 e. The summed E-state index contributed by atoms with van der Waals surface area (Å²) in [6.45, 7) is 7.98. The lowest BCUT2D eigenvalue weighted by Crippen LogP contribution is -3.19. The molecule has 1 atom stereocenters. The van der Waals surface area contributed by atoms with Crippen LogP contribution >= 0.6 is 0 Å². The molecule has 0 aliphatic carbocycles. The van der Waals surface area contributed by atoms with Gasteiger partial charge in [-0.15, -0.1) is 0 Å². The lowest BCUT2D eigenvalue weighted by atomic mass is 10.1. The number of Topliss-reactive ketones (excluding diaryl/α,β-unsaturated/α-hetero) is 1. The summed E-state index contributed by atoms with van der Waals surface area (Å²) in [4.78, 5) is 38.7. The lowest BCUT2D eigenvalue weighted by molar-refractivity contribution is -0.917. The average molecular weight is 348 g/mol. The Kier molecular flexibility index (Phi) is 6.52. The molecule has 0 spiro atoms. The second-order valence-corrected chi connectivity index (χ2v) is 6.16. The number of ether oxygens (including phenoxy) is 1. The number of para-hydroxylation sites is 1. The van der Waals surface area contributed by atoms with Crippen molar-refractivity contribution >= 4 is 23.5 Å². The van der Waals surface area contributed by atoms with Crippen molar-refractivity contribution in [1.29, 1.82) is 0 Å². The van der Waals surface area contributed by atoms with Crippen LogP contribution in [0.3, 0.4) is 0 Å². The predicted octanol–water partition coefficient (Wildman–Crippen LogP) is 0.573. The van der Waals surface area contributed by atoms with Crippen LogP contribution in [0, 0.1) is 0 Å². The van der Waals surface area contributed by atoms with Crippen molar-refractivity contribution < 1.29 is 24.0 Å². The molecule has 2 rings (SSSR count). The summed E-state index contributed by atoms with van der Waals surface area (Å²) >= 11 is 0. The molecule has 0 saturated carbocycles. The normalized spacial score (nSPS) is 16.2. The van der Waals surface area contributed by atoms with E-state index in [2.05, 4.69) is 5.32 Å². The van der Waals surface area contributed by atoms with Gasteiger partial charge in [-0.2, -0.15) is 0 Å². The SMILES string of the molecule is CCOC(=O)N1CC[NH+]([C@@H](C)C(=O)Nc2ccccc2C(C)=O)CC1. The molecule has 0 aromatic heterocycles. The fraction of sp³-hybridized carbons (Fsp3) is 0.500. The number of carbonyl (C=O) groups is 3. The van der Waals surface area contributed by atoms with E-state index in [4.69, 9.17) is 4.74 Å². The number of benzene rings is 1. The van der Waals surface area contributed by atoms with Crippen LogP contribution in [0.1, 0.15) is 31.1 Å². The molecule has 1 aliphatic rings. The molecule has 136 valence electrons. The highest BCUT2D eigenvalue weighted by molar-refractivity contribution is 6.04. The summed E-state index contributed by atoms with van der Waals surface area (Å²) in [6, 6.07) is 6.72. The van der Waals surface area contributed by atoms with Gasteiger partial charge in [0.05, 0.1) is 38.5 Å². The molecular formula is C18H26N3O4+. The van der Waals surface area contributed by atoms with E-state index in [0.717, 1.165) is 4.90 Å². The maximum Gasteiger partial charge on any atom is 0.410 e. The van der Waals surface area contributed by atoms with Crippen LogP contribution in [0.4, 0.5) is 10.5 Å². The van der Waals surface area contributed by atoms with Crippen molar-refractivity contribution in [3.63, 3.8) is 0 Å². The molecule has 1 aromatic carbocycles. The zero-order valence-electron chi connectivity index (χ0n) is 15.0. The van der Waals surface area contributed by atoms with Crippen molar-refractivity contribution in [3.8, 4) is 0 Å². The maximum absolute atomic E-state index is 12.6. The summed E-state index contributed by atoms with van der Waals surface area (Å²) in [5.74, 6) is -0.216. The Labute approximate surface area is 147 Å².